The van der Waals surface area contributed by atoms with Crippen LogP contribution < -0.4 is 4.74 Å². The van der Waals surface area contributed by atoms with Gasteiger partial charge in [-0.25, -0.2) is 0 Å². The Morgan fingerprint density at radius 1 is 1.36 bits per heavy atom. The summed E-state index contributed by atoms with van der Waals surface area (Å²) in [6, 6.07) is 6.24. The average Bonchev–Trinajstić information content (AvgIpc) is 2.79. The molecular formula is C10H12O. The number of rotatable bonds is 3. The summed E-state index contributed by atoms with van der Waals surface area (Å²) in [5.41, 5.74) is 1.38. The third-order valence-electron chi connectivity index (χ3n) is 2.03. The highest BCUT2D eigenvalue weighted by Crippen LogP contribution is 2.48. The van der Waals surface area contributed by atoms with E-state index in [9.17, 15) is 0 Å². The van der Waals surface area contributed by atoms with E-state index in [0.29, 0.717) is 0 Å². The van der Waals surface area contributed by atoms with Crippen molar-refractivity contribution in [3.8, 4) is 11.5 Å². The van der Waals surface area contributed by atoms with E-state index in [0.717, 1.165) is 11.5 Å². The molecular weight excluding hydrogens is 136 g/mol. The van der Waals surface area contributed by atoms with Gasteiger partial charge >= 0.3 is 0 Å². The van der Waals surface area contributed by atoms with Crippen LogP contribution >= 0.6 is 0 Å². The van der Waals surface area contributed by atoms with E-state index >= 15 is 0 Å². The SMILES string of the molecule is CCCCc1cccc2c1O2. The van der Waals surface area contributed by atoms with Crippen molar-refractivity contribution >= 4 is 0 Å². The minimum atomic E-state index is 1.08. The summed E-state index contributed by atoms with van der Waals surface area (Å²) >= 11 is 0. The van der Waals surface area contributed by atoms with Crippen LogP contribution in [0.15, 0.2) is 18.2 Å². The van der Waals surface area contributed by atoms with Gasteiger partial charge in [0.1, 0.15) is 0 Å². The van der Waals surface area contributed by atoms with Crippen molar-refractivity contribution in [2.45, 2.75) is 26.2 Å². The minimum absolute atomic E-state index is 1.08. The summed E-state index contributed by atoms with van der Waals surface area (Å²) in [4.78, 5) is 0. The van der Waals surface area contributed by atoms with E-state index in [2.05, 4.69) is 19.1 Å². The fourth-order valence-corrected chi connectivity index (χ4v) is 1.31. The molecule has 0 aromatic heterocycles. The van der Waals surface area contributed by atoms with Crippen LogP contribution in [-0.2, 0) is 6.42 Å². The molecule has 0 N–H and O–H groups in total. The molecule has 0 aliphatic carbocycles. The molecule has 1 nitrogen and oxygen atoms in total. The van der Waals surface area contributed by atoms with Gasteiger partial charge in [-0.1, -0.05) is 25.5 Å². The second-order valence-corrected chi connectivity index (χ2v) is 2.95. The first-order valence-electron chi connectivity index (χ1n) is 4.21. The monoisotopic (exact) mass is 148 g/mol. The van der Waals surface area contributed by atoms with E-state index in [-0.39, 0.29) is 0 Å². The average molecular weight is 148 g/mol. The Hall–Kier alpha value is -0.980. The van der Waals surface area contributed by atoms with Gasteiger partial charge in [0.05, 0.1) is 0 Å². The number of aryl methyl sites for hydroxylation is 1. The number of ether oxygens (including phenoxy) is 1. The maximum Gasteiger partial charge on any atom is 0.173 e. The Kier molecular flexibility index (Phi) is 1.57. The van der Waals surface area contributed by atoms with Gasteiger partial charge in [-0.15, -0.1) is 0 Å². The Morgan fingerprint density at radius 3 is 3.09 bits per heavy atom. The van der Waals surface area contributed by atoms with Crippen LogP contribution in [0.4, 0.5) is 0 Å². The van der Waals surface area contributed by atoms with Crippen molar-refractivity contribution < 1.29 is 4.74 Å². The van der Waals surface area contributed by atoms with Crippen molar-refractivity contribution in [2.75, 3.05) is 0 Å². The van der Waals surface area contributed by atoms with Crippen LogP contribution in [0.1, 0.15) is 25.3 Å². The second kappa shape index (κ2) is 2.57. The molecule has 0 fully saturated rings. The zero-order valence-corrected chi connectivity index (χ0v) is 6.76. The molecule has 1 heteroatoms. The van der Waals surface area contributed by atoms with Gasteiger partial charge in [0.15, 0.2) is 11.5 Å². The highest BCUT2D eigenvalue weighted by molar-refractivity contribution is 5.59. The molecule has 0 saturated heterocycles. The van der Waals surface area contributed by atoms with Crippen LogP contribution in [0.5, 0.6) is 11.5 Å². The maximum atomic E-state index is 5.27. The molecule has 0 radical (unpaired) electrons. The Bertz CT molecular complexity index is 266. The molecule has 0 saturated carbocycles. The molecule has 0 unspecified atom stereocenters. The lowest BCUT2D eigenvalue weighted by atomic mass is 10.1. The van der Waals surface area contributed by atoms with Crippen LogP contribution in [0.25, 0.3) is 0 Å². The van der Waals surface area contributed by atoms with Crippen molar-refractivity contribution in [1.82, 2.24) is 0 Å². The quantitative estimate of drug-likeness (QED) is 0.609. The minimum Gasteiger partial charge on any atom is -0.449 e. The van der Waals surface area contributed by atoms with Crippen molar-refractivity contribution in [3.63, 3.8) is 0 Å². The zero-order valence-electron chi connectivity index (χ0n) is 6.76. The summed E-state index contributed by atoms with van der Waals surface area (Å²) in [5.74, 6) is 2.22. The third kappa shape index (κ3) is 1.23. The van der Waals surface area contributed by atoms with Gasteiger partial charge < -0.3 is 4.74 Å². The smallest absolute Gasteiger partial charge is 0.173 e. The van der Waals surface area contributed by atoms with Crippen LogP contribution in [-0.4, -0.2) is 0 Å². The second-order valence-electron chi connectivity index (χ2n) is 2.95. The van der Waals surface area contributed by atoms with Crippen molar-refractivity contribution in [1.29, 1.82) is 0 Å². The number of unbranched alkanes of at least 4 members (excludes halogenated alkanes) is 1. The maximum absolute atomic E-state index is 5.27. The lowest BCUT2D eigenvalue weighted by Crippen LogP contribution is -1.79. The first kappa shape index (κ1) is 6.71. The summed E-state index contributed by atoms with van der Waals surface area (Å²) in [6.45, 7) is 2.21. The fraction of sp³-hybridized carbons (Fsp3) is 0.400. The molecule has 0 amide bonds. The summed E-state index contributed by atoms with van der Waals surface area (Å²) < 4.78 is 5.27. The summed E-state index contributed by atoms with van der Waals surface area (Å²) in [5, 5.41) is 0. The Morgan fingerprint density at radius 2 is 2.27 bits per heavy atom. The Balaban J connectivity index is 2.09. The van der Waals surface area contributed by atoms with Gasteiger partial charge in [0.25, 0.3) is 0 Å². The number of para-hydroxylation sites is 1. The Labute approximate surface area is 67.0 Å². The van der Waals surface area contributed by atoms with Crippen LogP contribution in [0.3, 0.4) is 0 Å². The number of hydrogen-bond donors (Lipinski definition) is 0. The summed E-state index contributed by atoms with van der Waals surface area (Å²) in [7, 11) is 0. The fourth-order valence-electron chi connectivity index (χ4n) is 1.31. The van der Waals surface area contributed by atoms with E-state index in [1.807, 2.05) is 6.07 Å². The highest BCUT2D eigenvalue weighted by Gasteiger charge is 2.22. The highest BCUT2D eigenvalue weighted by atomic mass is 16.6. The normalized spacial score (nSPS) is 12.1. The molecule has 0 bridgehead atoms. The van der Waals surface area contributed by atoms with Crippen molar-refractivity contribution in [3.05, 3.63) is 23.8 Å². The lowest BCUT2D eigenvalue weighted by Gasteiger charge is -1.93. The summed E-state index contributed by atoms with van der Waals surface area (Å²) in [6.07, 6.45) is 3.68. The zero-order chi connectivity index (χ0) is 7.68. The molecule has 1 aromatic rings. The van der Waals surface area contributed by atoms with Gasteiger partial charge in [0, 0.05) is 0 Å². The standard InChI is InChI=1S/C10H12O/c1-2-3-5-8-6-4-7-9-10(8)11-9/h4,6-7H,2-3,5H2,1H3. The van der Waals surface area contributed by atoms with Crippen molar-refractivity contribution in [2.24, 2.45) is 0 Å². The molecule has 0 spiro atoms. The largest absolute Gasteiger partial charge is 0.449 e. The number of fused-ring (bicyclic) bond motifs is 1. The topological polar surface area (TPSA) is 12.5 Å². The van der Waals surface area contributed by atoms with Gasteiger partial charge in [-0.2, -0.15) is 0 Å². The van der Waals surface area contributed by atoms with Gasteiger partial charge in [-0.3, -0.25) is 0 Å². The molecule has 58 valence electrons. The lowest BCUT2D eigenvalue weighted by molar-refractivity contribution is 0.640. The van der Waals surface area contributed by atoms with Crippen LogP contribution in [0, 0.1) is 0 Å². The number of benzene rings is 1. The van der Waals surface area contributed by atoms with Gasteiger partial charge in [-0.05, 0) is 24.5 Å². The van der Waals surface area contributed by atoms with Gasteiger partial charge in [0.2, 0.25) is 0 Å². The first-order valence-corrected chi connectivity index (χ1v) is 4.21. The van der Waals surface area contributed by atoms with E-state index in [1.54, 1.807) is 0 Å². The predicted octanol–water partition coefficient (Wildman–Crippen LogP) is 3.13. The molecule has 1 aliphatic heterocycles. The van der Waals surface area contributed by atoms with Crippen LogP contribution in [0.2, 0.25) is 0 Å². The van der Waals surface area contributed by atoms with E-state index in [4.69, 9.17) is 4.74 Å². The first-order chi connectivity index (χ1) is 5.42. The molecule has 1 aliphatic rings. The molecule has 1 aromatic carbocycles. The number of hydrogen-bond acceptors (Lipinski definition) is 1. The predicted molar refractivity (Wildman–Crippen MR) is 45.1 cm³/mol. The third-order valence-corrected chi connectivity index (χ3v) is 2.03. The molecule has 2 rings (SSSR count). The van der Waals surface area contributed by atoms with E-state index in [1.165, 1.54) is 24.8 Å². The van der Waals surface area contributed by atoms with E-state index < -0.39 is 0 Å². The molecule has 11 heavy (non-hydrogen) atoms. The molecule has 0 atom stereocenters. The molecule has 1 heterocycles.